The summed E-state index contributed by atoms with van der Waals surface area (Å²) in [7, 11) is 0. The molecule has 0 aromatic heterocycles. The Balaban J connectivity index is 1.72. The lowest BCUT2D eigenvalue weighted by Crippen LogP contribution is -2.44. The highest BCUT2D eigenvalue weighted by Crippen LogP contribution is 2.34. The van der Waals surface area contributed by atoms with Crippen LogP contribution in [-0.4, -0.2) is 37.7 Å². The third kappa shape index (κ3) is 2.29. The quantitative estimate of drug-likeness (QED) is 0.687. The number of piperidine rings is 1. The monoisotopic (exact) mass is 197 g/mol. The molecule has 0 amide bonds. The van der Waals surface area contributed by atoms with Gasteiger partial charge in [0.25, 0.3) is 0 Å². The molecule has 2 heteroatoms. The second-order valence-electron chi connectivity index (χ2n) is 5.37. The van der Waals surface area contributed by atoms with Crippen molar-refractivity contribution < 1.29 is 4.74 Å². The van der Waals surface area contributed by atoms with Gasteiger partial charge in [-0.1, -0.05) is 20.3 Å². The molecule has 2 rings (SSSR count). The number of ether oxygens (including phenoxy) is 1. The molecule has 2 heterocycles. The maximum Gasteiger partial charge on any atom is 0.0528 e. The van der Waals surface area contributed by atoms with Gasteiger partial charge in [-0.25, -0.2) is 0 Å². The second kappa shape index (κ2) is 4.19. The fourth-order valence-electron chi connectivity index (χ4n) is 2.38. The minimum atomic E-state index is 0.632. The first-order chi connectivity index (χ1) is 6.72. The fourth-order valence-corrected chi connectivity index (χ4v) is 2.38. The van der Waals surface area contributed by atoms with Gasteiger partial charge in [0.05, 0.1) is 13.2 Å². The van der Waals surface area contributed by atoms with Crippen LogP contribution in [0.3, 0.4) is 0 Å². The Bertz CT molecular complexity index is 181. The molecule has 0 spiro atoms. The third-order valence-corrected chi connectivity index (χ3v) is 4.14. The summed E-state index contributed by atoms with van der Waals surface area (Å²) in [4.78, 5) is 2.63. The van der Waals surface area contributed by atoms with Gasteiger partial charge >= 0.3 is 0 Å². The SMILES string of the molecule is CCC1(C)CCN(CC2COC2)CC1. The van der Waals surface area contributed by atoms with Crippen molar-refractivity contribution in [2.45, 2.75) is 33.1 Å². The van der Waals surface area contributed by atoms with Crippen molar-refractivity contribution in [1.82, 2.24) is 4.90 Å². The summed E-state index contributed by atoms with van der Waals surface area (Å²) >= 11 is 0. The molecule has 2 fully saturated rings. The van der Waals surface area contributed by atoms with Gasteiger partial charge in [0.1, 0.15) is 0 Å². The highest BCUT2D eigenvalue weighted by atomic mass is 16.5. The van der Waals surface area contributed by atoms with Crippen LogP contribution in [0.5, 0.6) is 0 Å². The van der Waals surface area contributed by atoms with Gasteiger partial charge in [0.2, 0.25) is 0 Å². The van der Waals surface area contributed by atoms with E-state index in [1.165, 1.54) is 38.9 Å². The van der Waals surface area contributed by atoms with Gasteiger partial charge in [0.15, 0.2) is 0 Å². The van der Waals surface area contributed by atoms with Gasteiger partial charge in [-0.2, -0.15) is 0 Å². The van der Waals surface area contributed by atoms with Crippen LogP contribution in [0.25, 0.3) is 0 Å². The highest BCUT2D eigenvalue weighted by molar-refractivity contribution is 4.82. The minimum absolute atomic E-state index is 0.632. The normalized spacial score (nSPS) is 28.7. The molecule has 2 aliphatic rings. The predicted octanol–water partition coefficient (Wildman–Crippen LogP) is 2.14. The molecule has 0 atom stereocenters. The van der Waals surface area contributed by atoms with E-state index in [2.05, 4.69) is 18.7 Å². The molecule has 2 aliphatic heterocycles. The molecule has 82 valence electrons. The number of hydrogen-bond acceptors (Lipinski definition) is 2. The summed E-state index contributed by atoms with van der Waals surface area (Å²) in [5.74, 6) is 0.834. The maximum absolute atomic E-state index is 5.21. The van der Waals surface area contributed by atoms with Crippen LogP contribution < -0.4 is 0 Å². The van der Waals surface area contributed by atoms with Gasteiger partial charge in [-0.05, 0) is 31.3 Å². The molecule has 0 aromatic rings. The molecule has 0 aliphatic carbocycles. The molecule has 0 bridgehead atoms. The van der Waals surface area contributed by atoms with E-state index in [0.29, 0.717) is 5.41 Å². The van der Waals surface area contributed by atoms with Crippen LogP contribution >= 0.6 is 0 Å². The first-order valence-corrected chi connectivity index (χ1v) is 6.02. The standard InChI is InChI=1S/C12H23NO/c1-3-12(2)4-6-13(7-5-12)8-11-9-14-10-11/h11H,3-10H2,1-2H3. The van der Waals surface area contributed by atoms with E-state index in [-0.39, 0.29) is 0 Å². The first-order valence-electron chi connectivity index (χ1n) is 6.02. The van der Waals surface area contributed by atoms with Crippen LogP contribution in [0.1, 0.15) is 33.1 Å². The Hall–Kier alpha value is -0.0800. The van der Waals surface area contributed by atoms with Crippen molar-refractivity contribution in [2.75, 3.05) is 32.8 Å². The van der Waals surface area contributed by atoms with Gasteiger partial charge in [0, 0.05) is 12.5 Å². The Labute approximate surface area is 87.6 Å². The number of likely N-dealkylation sites (tertiary alicyclic amines) is 1. The van der Waals surface area contributed by atoms with Crippen LogP contribution in [0.4, 0.5) is 0 Å². The molecule has 2 nitrogen and oxygen atoms in total. The lowest BCUT2D eigenvalue weighted by molar-refractivity contribution is -0.0525. The average molecular weight is 197 g/mol. The van der Waals surface area contributed by atoms with E-state index in [9.17, 15) is 0 Å². The summed E-state index contributed by atoms with van der Waals surface area (Å²) in [6.45, 7) is 10.7. The fraction of sp³-hybridized carbons (Fsp3) is 1.00. The van der Waals surface area contributed by atoms with Crippen LogP contribution in [0.2, 0.25) is 0 Å². The molecule has 0 radical (unpaired) electrons. The Kier molecular flexibility index (Phi) is 3.13. The van der Waals surface area contributed by atoms with E-state index in [4.69, 9.17) is 4.74 Å². The number of nitrogens with zero attached hydrogens (tertiary/aromatic N) is 1. The largest absolute Gasteiger partial charge is 0.381 e. The molecule has 0 unspecified atom stereocenters. The van der Waals surface area contributed by atoms with Crippen molar-refractivity contribution in [3.63, 3.8) is 0 Å². The average Bonchev–Trinajstić information content (AvgIpc) is 2.14. The number of hydrogen-bond donors (Lipinski definition) is 0. The van der Waals surface area contributed by atoms with Gasteiger partial charge < -0.3 is 9.64 Å². The second-order valence-corrected chi connectivity index (χ2v) is 5.37. The summed E-state index contributed by atoms with van der Waals surface area (Å²) in [5, 5.41) is 0. The smallest absolute Gasteiger partial charge is 0.0528 e. The Morgan fingerprint density at radius 3 is 2.36 bits per heavy atom. The molecule has 14 heavy (non-hydrogen) atoms. The third-order valence-electron chi connectivity index (χ3n) is 4.14. The maximum atomic E-state index is 5.21. The van der Waals surface area contributed by atoms with Crippen molar-refractivity contribution in [1.29, 1.82) is 0 Å². The predicted molar refractivity (Wildman–Crippen MR) is 58.4 cm³/mol. The van der Waals surface area contributed by atoms with E-state index in [1.807, 2.05) is 0 Å². The molecule has 0 saturated carbocycles. The van der Waals surface area contributed by atoms with Crippen molar-refractivity contribution in [3.05, 3.63) is 0 Å². The zero-order valence-electron chi connectivity index (χ0n) is 9.59. The lowest BCUT2D eigenvalue weighted by atomic mass is 9.78. The van der Waals surface area contributed by atoms with Gasteiger partial charge in [-0.3, -0.25) is 0 Å². The highest BCUT2D eigenvalue weighted by Gasteiger charge is 2.30. The lowest BCUT2D eigenvalue weighted by Gasteiger charge is -2.41. The summed E-state index contributed by atoms with van der Waals surface area (Å²) < 4.78 is 5.21. The summed E-state index contributed by atoms with van der Waals surface area (Å²) in [6, 6.07) is 0. The number of rotatable bonds is 3. The molecular formula is C12H23NO. The molecule has 0 N–H and O–H groups in total. The summed E-state index contributed by atoms with van der Waals surface area (Å²) in [6.07, 6.45) is 4.11. The van der Waals surface area contributed by atoms with Crippen molar-refractivity contribution >= 4 is 0 Å². The van der Waals surface area contributed by atoms with E-state index < -0.39 is 0 Å². The van der Waals surface area contributed by atoms with Crippen molar-refractivity contribution in [2.24, 2.45) is 11.3 Å². The molecule has 2 saturated heterocycles. The molecular weight excluding hydrogens is 174 g/mol. The summed E-state index contributed by atoms with van der Waals surface area (Å²) in [5.41, 5.74) is 0.632. The zero-order chi connectivity index (χ0) is 10.0. The van der Waals surface area contributed by atoms with Crippen LogP contribution in [0, 0.1) is 11.3 Å². The minimum Gasteiger partial charge on any atom is -0.381 e. The van der Waals surface area contributed by atoms with E-state index in [1.54, 1.807) is 0 Å². The van der Waals surface area contributed by atoms with E-state index >= 15 is 0 Å². The first kappa shape index (κ1) is 10.4. The zero-order valence-corrected chi connectivity index (χ0v) is 9.59. The topological polar surface area (TPSA) is 12.5 Å². The van der Waals surface area contributed by atoms with Crippen LogP contribution in [-0.2, 0) is 4.74 Å². The Morgan fingerprint density at radius 1 is 1.29 bits per heavy atom. The van der Waals surface area contributed by atoms with Gasteiger partial charge in [-0.15, -0.1) is 0 Å². The molecule has 0 aromatic carbocycles. The van der Waals surface area contributed by atoms with Crippen LogP contribution in [0.15, 0.2) is 0 Å². The Morgan fingerprint density at radius 2 is 1.93 bits per heavy atom. The van der Waals surface area contributed by atoms with E-state index in [0.717, 1.165) is 19.1 Å². The van der Waals surface area contributed by atoms with Crippen molar-refractivity contribution in [3.8, 4) is 0 Å².